The maximum absolute atomic E-state index is 11.3. The average Bonchev–Trinajstić information content (AvgIpc) is 2.99. The molecule has 2 aromatic carbocycles. The van der Waals surface area contributed by atoms with Gasteiger partial charge in [0, 0.05) is 0 Å². The number of carbonyl (C=O) groups is 1. The van der Waals surface area contributed by atoms with E-state index in [1.165, 1.54) is 10.9 Å². The van der Waals surface area contributed by atoms with Gasteiger partial charge >= 0.3 is 5.97 Å². The van der Waals surface area contributed by atoms with Crippen LogP contribution in [0.4, 0.5) is 0 Å². The van der Waals surface area contributed by atoms with Crippen molar-refractivity contribution in [3.05, 3.63) is 78.0 Å². The minimum Gasteiger partial charge on any atom is -0.477 e. The fourth-order valence-electron chi connectivity index (χ4n) is 2.10. The average molecular weight is 294 g/mol. The summed E-state index contributed by atoms with van der Waals surface area (Å²) in [6.45, 7) is 0.277. The first-order chi connectivity index (χ1) is 10.8. The number of aromatic nitrogens is 2. The van der Waals surface area contributed by atoms with E-state index in [9.17, 15) is 9.90 Å². The first kappa shape index (κ1) is 13.9. The quantitative estimate of drug-likeness (QED) is 0.785. The lowest BCUT2D eigenvalue weighted by atomic mass is 10.2. The Bertz CT molecular complexity index is 767. The molecular formula is C17H14N2O3. The zero-order valence-corrected chi connectivity index (χ0v) is 11.7. The molecule has 0 unspecified atom stereocenters. The van der Waals surface area contributed by atoms with Gasteiger partial charge in [0.15, 0.2) is 0 Å². The van der Waals surface area contributed by atoms with E-state index in [0.29, 0.717) is 0 Å². The Hall–Kier alpha value is -3.08. The Kier molecular flexibility index (Phi) is 3.87. The van der Waals surface area contributed by atoms with Crippen LogP contribution in [0.3, 0.4) is 0 Å². The van der Waals surface area contributed by atoms with Gasteiger partial charge in [0.25, 0.3) is 0 Å². The van der Waals surface area contributed by atoms with E-state index in [1.807, 2.05) is 60.7 Å². The van der Waals surface area contributed by atoms with Crippen molar-refractivity contribution in [2.24, 2.45) is 0 Å². The first-order valence-electron chi connectivity index (χ1n) is 6.79. The van der Waals surface area contributed by atoms with Gasteiger partial charge < -0.3 is 9.84 Å². The summed E-state index contributed by atoms with van der Waals surface area (Å²) in [6.07, 6.45) is 1.30. The van der Waals surface area contributed by atoms with Crippen LogP contribution in [-0.2, 0) is 6.61 Å². The number of nitrogens with zero attached hydrogens (tertiary/aromatic N) is 2. The van der Waals surface area contributed by atoms with Crippen molar-refractivity contribution in [2.45, 2.75) is 6.61 Å². The van der Waals surface area contributed by atoms with Crippen molar-refractivity contribution in [1.29, 1.82) is 0 Å². The third-order valence-corrected chi connectivity index (χ3v) is 3.17. The van der Waals surface area contributed by atoms with E-state index < -0.39 is 5.97 Å². The topological polar surface area (TPSA) is 64.3 Å². The maximum Gasteiger partial charge on any atom is 0.342 e. The van der Waals surface area contributed by atoms with Crippen LogP contribution in [0.25, 0.3) is 5.69 Å². The van der Waals surface area contributed by atoms with E-state index >= 15 is 0 Å². The third kappa shape index (κ3) is 2.83. The number of benzene rings is 2. The monoisotopic (exact) mass is 294 g/mol. The van der Waals surface area contributed by atoms with Crippen LogP contribution in [0, 0.1) is 0 Å². The molecule has 5 heteroatoms. The van der Waals surface area contributed by atoms with Crippen LogP contribution in [0.1, 0.15) is 15.9 Å². The Morgan fingerprint density at radius 3 is 2.32 bits per heavy atom. The second-order valence-corrected chi connectivity index (χ2v) is 4.69. The molecule has 1 aromatic heterocycles. The van der Waals surface area contributed by atoms with E-state index in [2.05, 4.69) is 5.10 Å². The maximum atomic E-state index is 11.3. The second kappa shape index (κ2) is 6.13. The molecule has 110 valence electrons. The van der Waals surface area contributed by atoms with E-state index in [0.717, 1.165) is 11.3 Å². The number of carboxylic acid groups (broad SMARTS) is 1. The lowest BCUT2D eigenvalue weighted by Gasteiger charge is -2.10. The summed E-state index contributed by atoms with van der Waals surface area (Å²) in [7, 11) is 0. The highest BCUT2D eigenvalue weighted by molar-refractivity contribution is 5.90. The van der Waals surface area contributed by atoms with Crippen LogP contribution >= 0.6 is 0 Å². The van der Waals surface area contributed by atoms with Crippen LogP contribution in [0.2, 0.25) is 0 Å². The summed E-state index contributed by atoms with van der Waals surface area (Å²) in [5, 5.41) is 13.4. The SMILES string of the molecule is O=C(O)c1cnn(-c2ccccc2)c1OCc1ccccc1. The van der Waals surface area contributed by atoms with E-state index in [-0.39, 0.29) is 18.1 Å². The molecule has 3 rings (SSSR count). The minimum atomic E-state index is -1.06. The summed E-state index contributed by atoms with van der Waals surface area (Å²) >= 11 is 0. The first-order valence-corrected chi connectivity index (χ1v) is 6.79. The number of aromatic carboxylic acids is 1. The van der Waals surface area contributed by atoms with Crippen molar-refractivity contribution in [3.63, 3.8) is 0 Å². The molecule has 0 aliphatic heterocycles. The molecule has 0 saturated carbocycles. The largest absolute Gasteiger partial charge is 0.477 e. The Morgan fingerprint density at radius 1 is 1.05 bits per heavy atom. The molecule has 0 saturated heterocycles. The highest BCUT2D eigenvalue weighted by Gasteiger charge is 2.19. The van der Waals surface area contributed by atoms with Crippen LogP contribution in [0.5, 0.6) is 5.88 Å². The van der Waals surface area contributed by atoms with Crippen molar-refractivity contribution in [2.75, 3.05) is 0 Å². The van der Waals surface area contributed by atoms with Gasteiger partial charge in [-0.2, -0.15) is 5.10 Å². The molecule has 1 N–H and O–H groups in total. The third-order valence-electron chi connectivity index (χ3n) is 3.17. The lowest BCUT2D eigenvalue weighted by Crippen LogP contribution is -2.06. The molecule has 0 aliphatic carbocycles. The standard InChI is InChI=1S/C17H14N2O3/c20-17(21)15-11-18-19(14-9-5-2-6-10-14)16(15)22-12-13-7-3-1-4-8-13/h1-11H,12H2,(H,20,21). The van der Waals surface area contributed by atoms with Gasteiger partial charge in [-0.05, 0) is 17.7 Å². The van der Waals surface area contributed by atoms with Crippen LogP contribution < -0.4 is 4.74 Å². The smallest absolute Gasteiger partial charge is 0.342 e. The van der Waals surface area contributed by atoms with Gasteiger partial charge in [0.1, 0.15) is 12.2 Å². The molecule has 0 spiro atoms. The molecule has 3 aromatic rings. The van der Waals surface area contributed by atoms with Gasteiger partial charge in [-0.15, -0.1) is 0 Å². The van der Waals surface area contributed by atoms with Crippen molar-refractivity contribution >= 4 is 5.97 Å². The van der Waals surface area contributed by atoms with Gasteiger partial charge in [-0.3, -0.25) is 0 Å². The number of hydrogen-bond donors (Lipinski definition) is 1. The summed E-state index contributed by atoms with van der Waals surface area (Å²) < 4.78 is 7.22. The number of hydrogen-bond acceptors (Lipinski definition) is 3. The summed E-state index contributed by atoms with van der Waals surface area (Å²) in [6, 6.07) is 18.9. The van der Waals surface area contributed by atoms with Crippen LogP contribution in [0.15, 0.2) is 66.9 Å². The molecule has 5 nitrogen and oxygen atoms in total. The molecule has 0 aliphatic rings. The summed E-state index contributed by atoms with van der Waals surface area (Å²) in [5.74, 6) is -0.840. The number of ether oxygens (including phenoxy) is 1. The zero-order chi connectivity index (χ0) is 15.4. The Labute approximate surface area is 127 Å². The highest BCUT2D eigenvalue weighted by Crippen LogP contribution is 2.23. The molecule has 0 fully saturated rings. The molecule has 0 amide bonds. The van der Waals surface area contributed by atoms with Gasteiger partial charge in [-0.1, -0.05) is 48.5 Å². The lowest BCUT2D eigenvalue weighted by molar-refractivity contribution is 0.0691. The van der Waals surface area contributed by atoms with Crippen molar-refractivity contribution < 1.29 is 14.6 Å². The number of para-hydroxylation sites is 1. The predicted octanol–water partition coefficient (Wildman–Crippen LogP) is 3.15. The van der Waals surface area contributed by atoms with Crippen LogP contribution in [-0.4, -0.2) is 20.9 Å². The fourth-order valence-corrected chi connectivity index (χ4v) is 2.10. The van der Waals surface area contributed by atoms with E-state index in [4.69, 9.17) is 4.74 Å². The molecule has 0 bridgehead atoms. The van der Waals surface area contributed by atoms with Crippen molar-refractivity contribution in [3.8, 4) is 11.6 Å². The Morgan fingerprint density at radius 2 is 1.68 bits per heavy atom. The second-order valence-electron chi connectivity index (χ2n) is 4.69. The van der Waals surface area contributed by atoms with Gasteiger partial charge in [0.2, 0.25) is 5.88 Å². The molecule has 1 heterocycles. The highest BCUT2D eigenvalue weighted by atomic mass is 16.5. The van der Waals surface area contributed by atoms with Gasteiger partial charge in [0.05, 0.1) is 11.9 Å². The molecular weight excluding hydrogens is 280 g/mol. The molecule has 0 atom stereocenters. The normalized spacial score (nSPS) is 10.4. The molecule has 0 radical (unpaired) electrons. The Balaban J connectivity index is 1.94. The summed E-state index contributed by atoms with van der Waals surface area (Å²) in [4.78, 5) is 11.3. The van der Waals surface area contributed by atoms with Gasteiger partial charge in [-0.25, -0.2) is 9.48 Å². The predicted molar refractivity (Wildman–Crippen MR) is 81.3 cm³/mol. The zero-order valence-electron chi connectivity index (χ0n) is 11.7. The summed E-state index contributed by atoms with van der Waals surface area (Å²) in [5.41, 5.74) is 1.75. The minimum absolute atomic E-state index is 0.0415. The fraction of sp³-hybridized carbons (Fsp3) is 0.0588. The van der Waals surface area contributed by atoms with E-state index in [1.54, 1.807) is 0 Å². The number of rotatable bonds is 5. The number of carboxylic acids is 1. The molecule has 22 heavy (non-hydrogen) atoms. The van der Waals surface area contributed by atoms with Crippen molar-refractivity contribution in [1.82, 2.24) is 9.78 Å².